The number of halogens is 1. The Morgan fingerprint density at radius 3 is 2.42 bits per heavy atom. The molecule has 1 heterocycles. The Morgan fingerprint density at radius 2 is 1.81 bits per heavy atom. The maximum Gasteiger partial charge on any atom is 0.309 e. The van der Waals surface area contributed by atoms with Crippen LogP contribution in [0.4, 0.5) is 0 Å². The summed E-state index contributed by atoms with van der Waals surface area (Å²) in [7, 11) is 0. The van der Waals surface area contributed by atoms with Gasteiger partial charge in [0, 0.05) is 55.3 Å². The molecule has 0 radical (unpaired) electrons. The van der Waals surface area contributed by atoms with E-state index in [-0.39, 0.29) is 11.9 Å². The summed E-state index contributed by atoms with van der Waals surface area (Å²) in [4.78, 5) is 39.7. The molecule has 1 aliphatic heterocycles. The summed E-state index contributed by atoms with van der Waals surface area (Å²) in [6.45, 7) is 7.45. The first kappa shape index (κ1) is 20.4. The number of piperazine rings is 1. The highest BCUT2D eigenvalue weighted by atomic mass is 79.9. The number of amides is 3. The molecule has 0 aliphatic carbocycles. The van der Waals surface area contributed by atoms with Crippen LogP contribution in [-0.4, -0.2) is 72.8 Å². The van der Waals surface area contributed by atoms with Gasteiger partial charge in [-0.15, -0.1) is 0 Å². The monoisotopic (exact) mass is 424 g/mol. The molecule has 0 unspecified atom stereocenters. The minimum absolute atomic E-state index is 0.0320. The van der Waals surface area contributed by atoms with E-state index in [4.69, 9.17) is 0 Å². The third-order valence-corrected chi connectivity index (χ3v) is 4.56. The fourth-order valence-corrected chi connectivity index (χ4v) is 3.11. The van der Waals surface area contributed by atoms with E-state index in [0.717, 1.165) is 17.6 Å². The third-order valence-electron chi connectivity index (χ3n) is 4.07. The normalized spacial score (nSPS) is 15.0. The van der Waals surface area contributed by atoms with Crippen LogP contribution in [0.3, 0.4) is 0 Å². The molecule has 8 heteroatoms. The zero-order valence-corrected chi connectivity index (χ0v) is 16.7. The molecule has 26 heavy (non-hydrogen) atoms. The molecule has 1 aromatic rings. The van der Waals surface area contributed by atoms with Crippen molar-refractivity contribution in [1.29, 1.82) is 0 Å². The van der Waals surface area contributed by atoms with E-state index in [0.29, 0.717) is 31.7 Å². The lowest BCUT2D eigenvalue weighted by molar-refractivity contribution is -0.139. The van der Waals surface area contributed by atoms with Crippen LogP contribution in [0.1, 0.15) is 24.2 Å². The van der Waals surface area contributed by atoms with Crippen LogP contribution in [0.25, 0.3) is 0 Å². The molecule has 3 amide bonds. The number of hydrogen-bond donors (Lipinski definition) is 2. The fraction of sp³-hybridized carbons (Fsp3) is 0.500. The Balaban J connectivity index is 1.71. The quantitative estimate of drug-likeness (QED) is 0.686. The van der Waals surface area contributed by atoms with E-state index in [1.54, 1.807) is 13.8 Å². The van der Waals surface area contributed by atoms with Crippen LogP contribution in [0, 0.1) is 0 Å². The SMILES string of the molecule is CC(C)NC(=O)C(=O)NCCN1CCN(C(=O)c2cccc(Br)c2)CC1. The number of hydrogen-bond acceptors (Lipinski definition) is 4. The standard InChI is InChI=1S/C18H25BrN4O3/c1-13(2)21-17(25)16(24)20-6-7-22-8-10-23(11-9-22)18(26)14-4-3-5-15(19)12-14/h3-5,12-13H,6-11H2,1-2H3,(H,20,24)(H,21,25). The minimum atomic E-state index is -0.609. The van der Waals surface area contributed by atoms with Crippen molar-refractivity contribution in [3.63, 3.8) is 0 Å². The van der Waals surface area contributed by atoms with Gasteiger partial charge in [-0.3, -0.25) is 19.3 Å². The van der Waals surface area contributed by atoms with Crippen molar-refractivity contribution in [2.24, 2.45) is 0 Å². The van der Waals surface area contributed by atoms with Gasteiger partial charge in [0.2, 0.25) is 0 Å². The maximum atomic E-state index is 12.5. The number of rotatable bonds is 5. The van der Waals surface area contributed by atoms with Crippen molar-refractivity contribution >= 4 is 33.7 Å². The van der Waals surface area contributed by atoms with Crippen LogP contribution < -0.4 is 10.6 Å². The summed E-state index contributed by atoms with van der Waals surface area (Å²) in [5.41, 5.74) is 0.677. The second-order valence-electron chi connectivity index (χ2n) is 6.53. The van der Waals surface area contributed by atoms with E-state index in [2.05, 4.69) is 31.5 Å². The predicted octanol–water partition coefficient (Wildman–Crippen LogP) is 0.848. The summed E-state index contributed by atoms with van der Waals surface area (Å²) in [6.07, 6.45) is 0. The average Bonchev–Trinajstić information content (AvgIpc) is 2.61. The van der Waals surface area contributed by atoms with Crippen molar-refractivity contribution in [1.82, 2.24) is 20.4 Å². The van der Waals surface area contributed by atoms with Gasteiger partial charge in [-0.25, -0.2) is 0 Å². The molecule has 0 atom stereocenters. The number of carbonyl (C=O) groups excluding carboxylic acids is 3. The highest BCUT2D eigenvalue weighted by molar-refractivity contribution is 9.10. The summed E-state index contributed by atoms with van der Waals surface area (Å²) in [5.74, 6) is -1.18. The average molecular weight is 425 g/mol. The molecular weight excluding hydrogens is 400 g/mol. The molecule has 142 valence electrons. The van der Waals surface area contributed by atoms with Crippen LogP contribution in [-0.2, 0) is 9.59 Å². The van der Waals surface area contributed by atoms with Gasteiger partial charge in [0.05, 0.1) is 0 Å². The lowest BCUT2D eigenvalue weighted by Gasteiger charge is -2.34. The second-order valence-corrected chi connectivity index (χ2v) is 7.44. The molecule has 1 aliphatic rings. The van der Waals surface area contributed by atoms with E-state index < -0.39 is 11.8 Å². The van der Waals surface area contributed by atoms with Gasteiger partial charge >= 0.3 is 11.8 Å². The maximum absolute atomic E-state index is 12.5. The van der Waals surface area contributed by atoms with Gasteiger partial charge in [-0.05, 0) is 32.0 Å². The number of nitrogens with one attached hydrogen (secondary N) is 2. The van der Waals surface area contributed by atoms with Crippen molar-refractivity contribution in [3.8, 4) is 0 Å². The van der Waals surface area contributed by atoms with Crippen LogP contribution >= 0.6 is 15.9 Å². The summed E-state index contributed by atoms with van der Waals surface area (Å²) in [5, 5.41) is 5.18. The molecule has 0 saturated carbocycles. The predicted molar refractivity (Wildman–Crippen MR) is 103 cm³/mol. The summed E-state index contributed by atoms with van der Waals surface area (Å²) >= 11 is 3.39. The topological polar surface area (TPSA) is 81.8 Å². The highest BCUT2D eigenvalue weighted by Crippen LogP contribution is 2.14. The van der Waals surface area contributed by atoms with E-state index in [1.807, 2.05) is 29.2 Å². The van der Waals surface area contributed by atoms with Gasteiger partial charge in [-0.1, -0.05) is 22.0 Å². The van der Waals surface area contributed by atoms with Crippen LogP contribution in [0.5, 0.6) is 0 Å². The second kappa shape index (κ2) is 9.68. The Kier molecular flexibility index (Phi) is 7.59. The smallest absolute Gasteiger partial charge is 0.309 e. The van der Waals surface area contributed by atoms with Crippen molar-refractivity contribution in [3.05, 3.63) is 34.3 Å². The summed E-state index contributed by atoms with van der Waals surface area (Å²) < 4.78 is 0.888. The van der Waals surface area contributed by atoms with Gasteiger partial charge in [0.25, 0.3) is 5.91 Å². The van der Waals surface area contributed by atoms with E-state index >= 15 is 0 Å². The minimum Gasteiger partial charge on any atom is -0.347 e. The lowest BCUT2D eigenvalue weighted by Crippen LogP contribution is -2.51. The Labute approximate surface area is 162 Å². The first-order chi connectivity index (χ1) is 12.4. The van der Waals surface area contributed by atoms with E-state index in [9.17, 15) is 14.4 Å². The molecular formula is C18H25BrN4O3. The van der Waals surface area contributed by atoms with Gasteiger partial charge in [0.1, 0.15) is 0 Å². The fourth-order valence-electron chi connectivity index (χ4n) is 2.71. The van der Waals surface area contributed by atoms with E-state index in [1.165, 1.54) is 0 Å². The molecule has 2 N–H and O–H groups in total. The molecule has 1 aromatic carbocycles. The lowest BCUT2D eigenvalue weighted by atomic mass is 10.2. The number of benzene rings is 1. The zero-order chi connectivity index (χ0) is 19.1. The number of carbonyl (C=O) groups is 3. The Morgan fingerprint density at radius 1 is 1.12 bits per heavy atom. The molecule has 7 nitrogen and oxygen atoms in total. The summed E-state index contributed by atoms with van der Waals surface area (Å²) in [6, 6.07) is 7.32. The Hall–Kier alpha value is -1.93. The third kappa shape index (κ3) is 6.10. The highest BCUT2D eigenvalue weighted by Gasteiger charge is 2.22. The van der Waals surface area contributed by atoms with Crippen molar-refractivity contribution in [2.75, 3.05) is 39.3 Å². The van der Waals surface area contributed by atoms with Gasteiger partial charge in [-0.2, -0.15) is 0 Å². The molecule has 0 bridgehead atoms. The first-order valence-corrected chi connectivity index (χ1v) is 9.52. The van der Waals surface area contributed by atoms with Gasteiger partial charge < -0.3 is 15.5 Å². The molecule has 0 aromatic heterocycles. The van der Waals surface area contributed by atoms with Gasteiger partial charge in [0.15, 0.2) is 0 Å². The van der Waals surface area contributed by atoms with Crippen LogP contribution in [0.15, 0.2) is 28.7 Å². The van der Waals surface area contributed by atoms with Crippen LogP contribution in [0.2, 0.25) is 0 Å². The molecule has 1 saturated heterocycles. The first-order valence-electron chi connectivity index (χ1n) is 8.72. The van der Waals surface area contributed by atoms with Crippen molar-refractivity contribution < 1.29 is 14.4 Å². The molecule has 1 fully saturated rings. The molecule has 0 spiro atoms. The zero-order valence-electron chi connectivity index (χ0n) is 15.1. The number of nitrogens with zero attached hydrogens (tertiary/aromatic N) is 2. The largest absolute Gasteiger partial charge is 0.347 e. The Bertz CT molecular complexity index is 658. The van der Waals surface area contributed by atoms with Crippen molar-refractivity contribution in [2.45, 2.75) is 19.9 Å². The molecule has 2 rings (SSSR count).